The van der Waals surface area contributed by atoms with Crippen LogP contribution in [0.4, 0.5) is 9.59 Å². The van der Waals surface area contributed by atoms with E-state index in [0.717, 1.165) is 24.0 Å². The predicted molar refractivity (Wildman–Crippen MR) is 194 cm³/mol. The number of alkyl carbamates (subject to hydrolysis) is 2. The van der Waals surface area contributed by atoms with Crippen molar-refractivity contribution in [2.24, 2.45) is 0 Å². The van der Waals surface area contributed by atoms with Gasteiger partial charge in [0.1, 0.15) is 11.2 Å². The molecule has 2 rings (SSSR count). The third-order valence-electron chi connectivity index (χ3n) is 7.34. The summed E-state index contributed by atoms with van der Waals surface area (Å²) < 4.78 is 10.5. The smallest absolute Gasteiger partial charge is 0.407 e. The average Bonchev–Trinajstić information content (AvgIpc) is 3.02. The molecular formula is C39H58N4O7. The van der Waals surface area contributed by atoms with Crippen molar-refractivity contribution < 1.29 is 33.4 Å². The number of amides is 4. The van der Waals surface area contributed by atoms with Crippen LogP contribution in [0.1, 0.15) is 104 Å². The summed E-state index contributed by atoms with van der Waals surface area (Å²) in [5.41, 5.74) is 0.693. The number of unbranched alkanes of at least 4 members (excludes halogenated alkanes) is 4. The number of carbonyl (C=O) groups excluding carboxylic acids is 5. The minimum Gasteiger partial charge on any atom is -0.444 e. The van der Waals surface area contributed by atoms with Crippen LogP contribution in [0.25, 0.3) is 0 Å². The summed E-state index contributed by atoms with van der Waals surface area (Å²) in [6.45, 7) is 12.1. The van der Waals surface area contributed by atoms with Crippen molar-refractivity contribution in [3.63, 3.8) is 0 Å². The molecule has 0 saturated heterocycles. The van der Waals surface area contributed by atoms with E-state index < -0.39 is 23.4 Å². The molecule has 11 heteroatoms. The van der Waals surface area contributed by atoms with Crippen molar-refractivity contribution in [2.75, 3.05) is 26.2 Å². The lowest BCUT2D eigenvalue weighted by molar-refractivity contribution is -0.139. The topological polar surface area (TPSA) is 134 Å². The number of carbonyl (C=O) groups is 5. The normalized spacial score (nSPS) is 11.3. The fraction of sp³-hybridized carbons (Fsp3) is 0.564. The van der Waals surface area contributed by atoms with Gasteiger partial charge in [-0.3, -0.25) is 14.4 Å². The third kappa shape index (κ3) is 19.6. The number of nitrogens with one attached hydrogen (secondary N) is 2. The monoisotopic (exact) mass is 694 g/mol. The van der Waals surface area contributed by atoms with Gasteiger partial charge in [0.15, 0.2) is 5.78 Å². The molecule has 0 atom stereocenters. The molecule has 0 spiro atoms. The Balaban J connectivity index is 1.94. The maximum Gasteiger partial charge on any atom is 0.407 e. The Bertz CT molecular complexity index is 1240. The minimum absolute atomic E-state index is 0.108. The fourth-order valence-electron chi connectivity index (χ4n) is 5.03. The Morgan fingerprint density at radius 3 is 1.24 bits per heavy atom. The summed E-state index contributed by atoms with van der Waals surface area (Å²) >= 11 is 0. The number of ketones is 1. The van der Waals surface area contributed by atoms with E-state index in [1.54, 1.807) is 9.80 Å². The number of rotatable bonds is 20. The SMILES string of the molecule is CC(C)(C)OC(=O)NCCCCCC(=O)N(CC(=O)CN(Cc1ccccc1)C(=O)CCCCCNC(=O)OC(C)(C)C)Cc1ccccc1. The Morgan fingerprint density at radius 1 is 0.540 bits per heavy atom. The highest BCUT2D eigenvalue weighted by Gasteiger charge is 2.22. The number of benzene rings is 2. The van der Waals surface area contributed by atoms with E-state index in [9.17, 15) is 24.0 Å². The molecule has 0 heterocycles. The van der Waals surface area contributed by atoms with Crippen molar-refractivity contribution >= 4 is 29.8 Å². The molecule has 276 valence electrons. The molecule has 50 heavy (non-hydrogen) atoms. The van der Waals surface area contributed by atoms with Crippen molar-refractivity contribution in [2.45, 2.75) is 117 Å². The van der Waals surface area contributed by atoms with Crippen LogP contribution in [-0.4, -0.2) is 77.0 Å². The largest absolute Gasteiger partial charge is 0.444 e. The summed E-state index contributed by atoms with van der Waals surface area (Å²) in [7, 11) is 0. The van der Waals surface area contributed by atoms with Crippen molar-refractivity contribution in [3.8, 4) is 0 Å². The van der Waals surface area contributed by atoms with E-state index in [2.05, 4.69) is 10.6 Å². The first-order valence-corrected chi connectivity index (χ1v) is 17.7. The van der Waals surface area contributed by atoms with Crippen LogP contribution in [0.15, 0.2) is 60.7 Å². The molecule has 0 bridgehead atoms. The zero-order valence-electron chi connectivity index (χ0n) is 30.9. The van der Waals surface area contributed by atoms with Gasteiger partial charge in [0.25, 0.3) is 0 Å². The zero-order valence-corrected chi connectivity index (χ0v) is 30.9. The number of hydrogen-bond acceptors (Lipinski definition) is 7. The summed E-state index contributed by atoms with van der Waals surface area (Å²) in [6.07, 6.45) is 3.67. The van der Waals surface area contributed by atoms with Gasteiger partial charge in [-0.25, -0.2) is 9.59 Å². The van der Waals surface area contributed by atoms with E-state index in [-0.39, 0.29) is 56.6 Å². The van der Waals surface area contributed by atoms with Gasteiger partial charge in [-0.1, -0.05) is 73.5 Å². The maximum absolute atomic E-state index is 13.5. The molecule has 2 aromatic carbocycles. The highest BCUT2D eigenvalue weighted by Crippen LogP contribution is 2.13. The predicted octanol–water partition coefficient (Wildman–Crippen LogP) is 6.78. The first-order valence-electron chi connectivity index (χ1n) is 17.7. The molecular weight excluding hydrogens is 636 g/mol. The summed E-state index contributed by atoms with van der Waals surface area (Å²) in [4.78, 5) is 67.2. The first-order chi connectivity index (χ1) is 23.6. The second-order valence-corrected chi connectivity index (χ2v) is 14.5. The molecule has 0 aliphatic heterocycles. The van der Waals surface area contributed by atoms with E-state index in [0.29, 0.717) is 38.8 Å². The van der Waals surface area contributed by atoms with E-state index >= 15 is 0 Å². The van der Waals surface area contributed by atoms with Crippen molar-refractivity contribution in [1.82, 2.24) is 20.4 Å². The van der Waals surface area contributed by atoms with E-state index in [4.69, 9.17) is 9.47 Å². The summed E-state index contributed by atoms with van der Waals surface area (Å²) in [6, 6.07) is 19.0. The molecule has 0 saturated carbocycles. The lowest BCUT2D eigenvalue weighted by atomic mass is 10.1. The maximum atomic E-state index is 13.5. The second kappa shape index (κ2) is 21.6. The first kappa shape index (κ1) is 41.8. The molecule has 0 aliphatic rings. The van der Waals surface area contributed by atoms with Gasteiger partial charge in [-0.2, -0.15) is 0 Å². The van der Waals surface area contributed by atoms with Crippen LogP contribution in [-0.2, 0) is 36.9 Å². The zero-order chi connectivity index (χ0) is 37.0. The van der Waals surface area contributed by atoms with E-state index in [1.807, 2.05) is 102 Å². The Hall–Kier alpha value is -4.41. The number of hydrogen-bond donors (Lipinski definition) is 2. The van der Waals surface area contributed by atoms with Crippen LogP contribution < -0.4 is 10.6 Å². The fourth-order valence-corrected chi connectivity index (χ4v) is 5.03. The van der Waals surface area contributed by atoms with Gasteiger partial charge in [0, 0.05) is 39.0 Å². The van der Waals surface area contributed by atoms with E-state index in [1.165, 1.54) is 0 Å². The number of ether oxygens (including phenoxy) is 2. The Kier molecular flexibility index (Phi) is 18.1. The van der Waals surface area contributed by atoms with Crippen LogP contribution in [0.2, 0.25) is 0 Å². The van der Waals surface area contributed by atoms with Crippen molar-refractivity contribution in [3.05, 3.63) is 71.8 Å². The van der Waals surface area contributed by atoms with Crippen LogP contribution in [0.3, 0.4) is 0 Å². The average molecular weight is 695 g/mol. The highest BCUT2D eigenvalue weighted by atomic mass is 16.6. The molecule has 2 N–H and O–H groups in total. The molecule has 2 aromatic rings. The highest BCUT2D eigenvalue weighted by molar-refractivity contribution is 5.90. The second-order valence-electron chi connectivity index (χ2n) is 14.5. The van der Waals surface area contributed by atoms with Gasteiger partial charge in [-0.15, -0.1) is 0 Å². The molecule has 4 amide bonds. The molecule has 0 aliphatic carbocycles. The van der Waals surface area contributed by atoms with Crippen LogP contribution in [0, 0.1) is 0 Å². The summed E-state index contributed by atoms with van der Waals surface area (Å²) in [5.74, 6) is -0.492. The molecule has 11 nitrogen and oxygen atoms in total. The lowest BCUT2D eigenvalue weighted by Crippen LogP contribution is -2.41. The van der Waals surface area contributed by atoms with Gasteiger partial charge in [0.05, 0.1) is 13.1 Å². The standard InChI is InChI=1S/C39H58N4O7/c1-38(2,3)49-36(47)40-25-17-9-15-23-34(45)42(27-31-19-11-7-12-20-31)29-33(44)30-43(28-32-21-13-8-14-22-32)35(46)24-16-10-18-26-41-37(48)50-39(4,5)6/h7-8,11-14,19-22H,9-10,15-18,23-30H2,1-6H3,(H,40,47)(H,41,48). The van der Waals surface area contributed by atoms with Gasteiger partial charge in [-0.05, 0) is 78.4 Å². The molecule has 0 radical (unpaired) electrons. The van der Waals surface area contributed by atoms with Crippen LogP contribution in [0.5, 0.6) is 0 Å². The van der Waals surface area contributed by atoms with Crippen LogP contribution >= 0.6 is 0 Å². The molecule has 0 aromatic heterocycles. The Labute approximate surface area is 298 Å². The third-order valence-corrected chi connectivity index (χ3v) is 7.34. The van der Waals surface area contributed by atoms with Gasteiger partial charge in [0.2, 0.25) is 11.8 Å². The number of nitrogens with zero attached hydrogens (tertiary/aromatic N) is 2. The summed E-state index contributed by atoms with van der Waals surface area (Å²) in [5, 5.41) is 5.47. The molecule has 0 unspecified atom stereocenters. The van der Waals surface area contributed by atoms with Gasteiger partial charge >= 0.3 is 12.2 Å². The lowest BCUT2D eigenvalue weighted by Gasteiger charge is -2.26. The quantitative estimate of drug-likeness (QED) is 0.146. The number of Topliss-reactive ketones (excluding diaryl/α,β-unsaturated/α-hetero) is 1. The van der Waals surface area contributed by atoms with Gasteiger partial charge < -0.3 is 29.9 Å². The van der Waals surface area contributed by atoms with Crippen molar-refractivity contribution in [1.29, 1.82) is 0 Å². The minimum atomic E-state index is -0.564. The molecule has 0 fully saturated rings. The Morgan fingerprint density at radius 2 is 0.900 bits per heavy atom.